The number of benzene rings is 2. The molecule has 0 heterocycles. The molecule has 0 saturated heterocycles. The summed E-state index contributed by atoms with van der Waals surface area (Å²) in [5.74, 6) is -0.359. The summed E-state index contributed by atoms with van der Waals surface area (Å²) in [7, 11) is -3.68. The van der Waals surface area contributed by atoms with E-state index in [4.69, 9.17) is 0 Å². The third-order valence-corrected chi connectivity index (χ3v) is 3.83. The minimum Gasteiger partial charge on any atom is -0.207 e. The number of nitrogens with one attached hydrogen (secondary N) is 1. The number of hydrazone groups is 1. The maximum atomic E-state index is 12.7. The van der Waals surface area contributed by atoms with Crippen molar-refractivity contribution in [2.75, 3.05) is 0 Å². The molecule has 0 bridgehead atoms. The van der Waals surface area contributed by atoms with Gasteiger partial charge < -0.3 is 0 Å². The fraction of sp³-hybridized carbons (Fsp3) is 0.0714. The molecule has 20 heavy (non-hydrogen) atoms. The normalized spacial score (nSPS) is 11.7. The number of rotatable bonds is 4. The average molecular weight is 292 g/mol. The minimum atomic E-state index is -3.68. The van der Waals surface area contributed by atoms with Gasteiger partial charge in [-0.05, 0) is 36.8 Å². The van der Waals surface area contributed by atoms with Crippen LogP contribution < -0.4 is 4.83 Å². The van der Waals surface area contributed by atoms with Crippen molar-refractivity contribution in [2.24, 2.45) is 5.10 Å². The van der Waals surface area contributed by atoms with E-state index in [1.165, 1.54) is 42.6 Å². The van der Waals surface area contributed by atoms with Crippen molar-refractivity contribution < 1.29 is 12.8 Å². The summed E-state index contributed by atoms with van der Waals surface area (Å²) in [6.07, 6.45) is 1.31. The standard InChI is InChI=1S/C14H13FN2O2S/c1-11-2-8-14(9-3-11)20(18,19)17-16-10-12-4-6-13(15)7-5-12/h2-10,17H,1H3/b16-10+. The Hall–Kier alpha value is -2.21. The molecule has 0 aliphatic heterocycles. The molecule has 0 saturated carbocycles. The fourth-order valence-corrected chi connectivity index (χ4v) is 2.28. The maximum Gasteiger partial charge on any atom is 0.276 e. The van der Waals surface area contributed by atoms with E-state index in [-0.39, 0.29) is 10.7 Å². The highest BCUT2D eigenvalue weighted by molar-refractivity contribution is 7.89. The molecular weight excluding hydrogens is 279 g/mol. The molecule has 2 rings (SSSR count). The Labute approximate surface area is 117 Å². The molecule has 104 valence electrons. The van der Waals surface area contributed by atoms with Gasteiger partial charge in [-0.1, -0.05) is 29.8 Å². The highest BCUT2D eigenvalue weighted by Crippen LogP contribution is 2.09. The summed E-state index contributed by atoms with van der Waals surface area (Å²) in [6, 6.07) is 12.0. The number of aryl methyl sites for hydroxylation is 1. The van der Waals surface area contributed by atoms with Crippen molar-refractivity contribution in [1.29, 1.82) is 0 Å². The predicted molar refractivity (Wildman–Crippen MR) is 75.5 cm³/mol. The Kier molecular flexibility index (Phi) is 4.14. The van der Waals surface area contributed by atoms with E-state index < -0.39 is 10.0 Å². The van der Waals surface area contributed by atoms with Crippen molar-refractivity contribution in [3.8, 4) is 0 Å². The van der Waals surface area contributed by atoms with Crippen LogP contribution in [0.4, 0.5) is 4.39 Å². The number of halogens is 1. The predicted octanol–water partition coefficient (Wildman–Crippen LogP) is 2.45. The molecule has 2 aromatic rings. The molecule has 4 nitrogen and oxygen atoms in total. The van der Waals surface area contributed by atoms with Gasteiger partial charge in [0.05, 0.1) is 11.1 Å². The highest BCUT2D eigenvalue weighted by atomic mass is 32.2. The van der Waals surface area contributed by atoms with Gasteiger partial charge in [0.25, 0.3) is 10.0 Å². The third kappa shape index (κ3) is 3.64. The Balaban J connectivity index is 2.09. The lowest BCUT2D eigenvalue weighted by Crippen LogP contribution is -2.18. The lowest BCUT2D eigenvalue weighted by molar-refractivity contribution is 0.584. The van der Waals surface area contributed by atoms with Gasteiger partial charge in [0.1, 0.15) is 5.82 Å². The van der Waals surface area contributed by atoms with Crippen LogP contribution in [0.15, 0.2) is 58.5 Å². The maximum absolute atomic E-state index is 12.7. The van der Waals surface area contributed by atoms with E-state index in [1.807, 2.05) is 6.92 Å². The van der Waals surface area contributed by atoms with Gasteiger partial charge in [-0.15, -0.1) is 0 Å². The molecule has 6 heteroatoms. The number of sulfonamides is 1. The van der Waals surface area contributed by atoms with Crippen LogP contribution in [0.3, 0.4) is 0 Å². The van der Waals surface area contributed by atoms with Gasteiger partial charge >= 0.3 is 0 Å². The van der Waals surface area contributed by atoms with E-state index >= 15 is 0 Å². The van der Waals surface area contributed by atoms with Crippen LogP contribution in [0.2, 0.25) is 0 Å². The molecule has 0 aliphatic carbocycles. The van der Waals surface area contributed by atoms with E-state index in [0.29, 0.717) is 5.56 Å². The second kappa shape index (κ2) is 5.83. The molecule has 0 spiro atoms. The number of hydrogen-bond donors (Lipinski definition) is 1. The van der Waals surface area contributed by atoms with E-state index in [2.05, 4.69) is 9.93 Å². The SMILES string of the molecule is Cc1ccc(S(=O)(=O)N/N=C/c2ccc(F)cc2)cc1. The van der Waals surface area contributed by atoms with Gasteiger partial charge in [0.2, 0.25) is 0 Å². The van der Waals surface area contributed by atoms with Gasteiger partial charge in [-0.3, -0.25) is 0 Å². The van der Waals surface area contributed by atoms with Crippen LogP contribution in [-0.2, 0) is 10.0 Å². The molecule has 0 fully saturated rings. The molecule has 0 unspecified atom stereocenters. The zero-order valence-electron chi connectivity index (χ0n) is 10.7. The van der Waals surface area contributed by atoms with Gasteiger partial charge in [0, 0.05) is 0 Å². The summed E-state index contributed by atoms with van der Waals surface area (Å²) < 4.78 is 36.5. The van der Waals surface area contributed by atoms with Crippen LogP contribution in [-0.4, -0.2) is 14.6 Å². The third-order valence-electron chi connectivity index (χ3n) is 2.59. The summed E-state index contributed by atoms with van der Waals surface area (Å²) in [4.78, 5) is 2.24. The van der Waals surface area contributed by atoms with Crippen molar-refractivity contribution in [1.82, 2.24) is 4.83 Å². The van der Waals surface area contributed by atoms with Crippen LogP contribution in [0.5, 0.6) is 0 Å². The van der Waals surface area contributed by atoms with E-state index in [1.54, 1.807) is 12.1 Å². The van der Waals surface area contributed by atoms with Gasteiger partial charge in [-0.25, -0.2) is 9.22 Å². The molecule has 1 N–H and O–H groups in total. The summed E-state index contributed by atoms with van der Waals surface area (Å²) in [5, 5.41) is 3.66. The zero-order chi connectivity index (χ0) is 14.6. The van der Waals surface area contributed by atoms with E-state index in [9.17, 15) is 12.8 Å². The molecule has 0 aromatic heterocycles. The fourth-order valence-electron chi connectivity index (χ4n) is 1.49. The quantitative estimate of drug-likeness (QED) is 0.695. The first kappa shape index (κ1) is 14.2. The zero-order valence-corrected chi connectivity index (χ0v) is 11.6. The minimum absolute atomic E-state index is 0.138. The van der Waals surface area contributed by atoms with Crippen LogP contribution in [0.25, 0.3) is 0 Å². The summed E-state index contributed by atoms with van der Waals surface area (Å²) in [5.41, 5.74) is 1.57. The smallest absolute Gasteiger partial charge is 0.207 e. The first-order valence-electron chi connectivity index (χ1n) is 5.84. The van der Waals surface area contributed by atoms with Crippen LogP contribution >= 0.6 is 0 Å². The Bertz CT molecular complexity index is 708. The van der Waals surface area contributed by atoms with Crippen LogP contribution in [0, 0.1) is 12.7 Å². The van der Waals surface area contributed by atoms with Gasteiger partial charge in [-0.2, -0.15) is 13.5 Å². The topological polar surface area (TPSA) is 58.5 Å². The lowest BCUT2D eigenvalue weighted by Gasteiger charge is -2.03. The second-order valence-electron chi connectivity index (χ2n) is 4.22. The second-order valence-corrected chi connectivity index (χ2v) is 5.88. The van der Waals surface area contributed by atoms with Gasteiger partial charge in [0.15, 0.2) is 0 Å². The first-order valence-corrected chi connectivity index (χ1v) is 7.33. The molecule has 0 atom stereocenters. The molecule has 0 aliphatic rings. The molecular formula is C14H13FN2O2S. The van der Waals surface area contributed by atoms with Crippen molar-refractivity contribution in [2.45, 2.75) is 11.8 Å². The molecule has 0 radical (unpaired) electrons. The van der Waals surface area contributed by atoms with Crippen molar-refractivity contribution >= 4 is 16.2 Å². The monoisotopic (exact) mass is 292 g/mol. The van der Waals surface area contributed by atoms with Crippen molar-refractivity contribution in [3.05, 3.63) is 65.5 Å². The number of hydrogen-bond acceptors (Lipinski definition) is 3. The Morgan fingerprint density at radius 3 is 2.25 bits per heavy atom. The Morgan fingerprint density at radius 1 is 1.05 bits per heavy atom. The van der Waals surface area contributed by atoms with Crippen LogP contribution in [0.1, 0.15) is 11.1 Å². The molecule has 0 amide bonds. The largest absolute Gasteiger partial charge is 0.276 e. The highest BCUT2D eigenvalue weighted by Gasteiger charge is 2.11. The number of nitrogens with zero attached hydrogens (tertiary/aromatic N) is 1. The lowest BCUT2D eigenvalue weighted by atomic mass is 10.2. The van der Waals surface area contributed by atoms with Crippen molar-refractivity contribution in [3.63, 3.8) is 0 Å². The summed E-state index contributed by atoms with van der Waals surface area (Å²) in [6.45, 7) is 1.87. The summed E-state index contributed by atoms with van der Waals surface area (Å²) >= 11 is 0. The first-order chi connectivity index (χ1) is 9.47. The average Bonchev–Trinajstić information content (AvgIpc) is 2.41. The Morgan fingerprint density at radius 2 is 1.65 bits per heavy atom. The van der Waals surface area contributed by atoms with E-state index in [0.717, 1.165) is 5.56 Å². The molecule has 2 aromatic carbocycles.